The van der Waals surface area contributed by atoms with E-state index in [0.29, 0.717) is 12.8 Å². The van der Waals surface area contributed by atoms with Crippen molar-refractivity contribution in [2.24, 2.45) is 0 Å². The Balaban J connectivity index is 2.17. The highest BCUT2D eigenvalue weighted by Gasteiger charge is 2.28. The molecule has 3 N–H and O–H groups in total. The van der Waals surface area contributed by atoms with Crippen LogP contribution in [0, 0.1) is 0 Å². The highest BCUT2D eigenvalue weighted by molar-refractivity contribution is 7.89. The third kappa shape index (κ3) is 3.35. The number of nitrogens with one attached hydrogen (secondary N) is 3. The number of ether oxygens (including phenoxy) is 1. The smallest absolute Gasteiger partial charge is 0.342 e. The molecule has 1 fully saturated rings. The van der Waals surface area contributed by atoms with Crippen molar-refractivity contribution >= 4 is 16.0 Å². The molecule has 2 heterocycles. The lowest BCUT2D eigenvalue weighted by atomic mass is 10.1. The molecule has 0 radical (unpaired) electrons. The molecule has 8 nitrogen and oxygen atoms in total. The van der Waals surface area contributed by atoms with E-state index in [2.05, 4.69) is 20.2 Å². The molecule has 0 aromatic carbocycles. The molecular weight excluding hydrogens is 284 g/mol. The molecule has 1 aliphatic rings. The van der Waals surface area contributed by atoms with E-state index in [1.807, 2.05) is 0 Å². The summed E-state index contributed by atoms with van der Waals surface area (Å²) in [6.45, 7) is 3.35. The van der Waals surface area contributed by atoms with Gasteiger partial charge in [-0.1, -0.05) is 0 Å². The van der Waals surface area contributed by atoms with Crippen LogP contribution in [0.25, 0.3) is 0 Å². The van der Waals surface area contributed by atoms with Crippen molar-refractivity contribution in [3.8, 4) is 0 Å². The Bertz CT molecular complexity index is 563. The molecule has 0 unspecified atom stereocenters. The van der Waals surface area contributed by atoms with Crippen LogP contribution in [0.15, 0.2) is 11.2 Å². The minimum Gasteiger partial charge on any atom is -0.462 e. The van der Waals surface area contributed by atoms with Crippen molar-refractivity contribution < 1.29 is 17.9 Å². The van der Waals surface area contributed by atoms with E-state index in [-0.39, 0.29) is 23.2 Å². The van der Waals surface area contributed by atoms with Gasteiger partial charge in [-0.15, -0.1) is 0 Å². The zero-order chi connectivity index (χ0) is 14.6. The van der Waals surface area contributed by atoms with Crippen molar-refractivity contribution in [3.05, 3.63) is 11.8 Å². The number of aromatic nitrogens is 2. The predicted octanol–water partition coefficient (Wildman–Crippen LogP) is -0.383. The van der Waals surface area contributed by atoms with Crippen LogP contribution < -0.4 is 10.0 Å². The van der Waals surface area contributed by atoms with Crippen molar-refractivity contribution in [3.63, 3.8) is 0 Å². The zero-order valence-electron chi connectivity index (χ0n) is 11.2. The summed E-state index contributed by atoms with van der Waals surface area (Å²) in [4.78, 5) is 11.7. The van der Waals surface area contributed by atoms with Crippen LogP contribution in [-0.4, -0.2) is 50.3 Å². The second-order valence-electron chi connectivity index (χ2n) is 4.48. The number of sulfonamides is 1. The summed E-state index contributed by atoms with van der Waals surface area (Å²) in [5.41, 5.74) is -0.0757. The summed E-state index contributed by atoms with van der Waals surface area (Å²) in [5, 5.41) is 8.90. The van der Waals surface area contributed by atoms with E-state index in [4.69, 9.17) is 4.74 Å². The van der Waals surface area contributed by atoms with Crippen LogP contribution in [0.1, 0.15) is 30.1 Å². The number of carbonyl (C=O) groups excluding carboxylic acids is 1. The first-order valence-corrected chi connectivity index (χ1v) is 7.96. The third-order valence-electron chi connectivity index (χ3n) is 3.03. The van der Waals surface area contributed by atoms with Crippen molar-refractivity contribution in [1.29, 1.82) is 0 Å². The Hall–Kier alpha value is -1.45. The van der Waals surface area contributed by atoms with E-state index in [1.54, 1.807) is 6.92 Å². The van der Waals surface area contributed by atoms with Gasteiger partial charge in [-0.05, 0) is 32.9 Å². The van der Waals surface area contributed by atoms with Gasteiger partial charge in [0, 0.05) is 6.04 Å². The van der Waals surface area contributed by atoms with Crippen molar-refractivity contribution in [2.75, 3.05) is 19.7 Å². The molecule has 0 bridgehead atoms. The van der Waals surface area contributed by atoms with Crippen LogP contribution in [0.2, 0.25) is 0 Å². The van der Waals surface area contributed by atoms with Crippen LogP contribution in [0.5, 0.6) is 0 Å². The zero-order valence-corrected chi connectivity index (χ0v) is 12.0. The molecule has 0 amide bonds. The van der Waals surface area contributed by atoms with Crippen molar-refractivity contribution in [1.82, 2.24) is 20.2 Å². The van der Waals surface area contributed by atoms with E-state index in [1.165, 1.54) is 0 Å². The molecule has 0 atom stereocenters. The number of esters is 1. The van der Waals surface area contributed by atoms with Gasteiger partial charge in [-0.3, -0.25) is 5.10 Å². The normalized spacial score (nSPS) is 17.1. The number of aromatic amines is 1. The first kappa shape index (κ1) is 14.9. The maximum atomic E-state index is 12.3. The van der Waals surface area contributed by atoms with E-state index >= 15 is 0 Å². The lowest BCUT2D eigenvalue weighted by molar-refractivity contribution is 0.0522. The van der Waals surface area contributed by atoms with Gasteiger partial charge in [-0.2, -0.15) is 5.10 Å². The molecule has 1 saturated heterocycles. The maximum absolute atomic E-state index is 12.3. The van der Waals surface area contributed by atoms with Gasteiger partial charge in [0.2, 0.25) is 0 Å². The first-order valence-electron chi connectivity index (χ1n) is 6.48. The summed E-state index contributed by atoms with van der Waals surface area (Å²) in [6, 6.07) is -0.139. The number of H-pyrrole nitrogens is 1. The van der Waals surface area contributed by atoms with Gasteiger partial charge in [0.1, 0.15) is 5.56 Å². The number of nitrogens with zero attached hydrogens (tertiary/aromatic N) is 1. The molecule has 9 heteroatoms. The Labute approximate surface area is 117 Å². The second-order valence-corrected chi connectivity index (χ2v) is 6.13. The average molecular weight is 302 g/mol. The largest absolute Gasteiger partial charge is 0.462 e. The van der Waals surface area contributed by atoms with Gasteiger partial charge in [0.05, 0.1) is 12.8 Å². The molecule has 1 aliphatic heterocycles. The fourth-order valence-electron chi connectivity index (χ4n) is 2.05. The van der Waals surface area contributed by atoms with E-state index in [0.717, 1.165) is 19.3 Å². The highest BCUT2D eigenvalue weighted by Crippen LogP contribution is 2.15. The highest BCUT2D eigenvalue weighted by atomic mass is 32.2. The molecule has 1 aromatic rings. The number of rotatable bonds is 5. The maximum Gasteiger partial charge on any atom is 0.342 e. The van der Waals surface area contributed by atoms with E-state index < -0.39 is 16.0 Å². The minimum absolute atomic E-state index is 0.0757. The lowest BCUT2D eigenvalue weighted by Crippen LogP contribution is -2.43. The number of hydrogen-bond donors (Lipinski definition) is 3. The molecular formula is C11H18N4O4S. The van der Waals surface area contributed by atoms with Gasteiger partial charge in [0.15, 0.2) is 5.03 Å². The lowest BCUT2D eigenvalue weighted by Gasteiger charge is -2.23. The van der Waals surface area contributed by atoms with E-state index in [9.17, 15) is 13.2 Å². The standard InChI is InChI=1S/C11H18N4O4S/c1-2-19-11(16)9-7-13-14-10(9)20(17,18)15-8-3-5-12-6-4-8/h7-8,12,15H,2-6H2,1H3,(H,13,14). The summed E-state index contributed by atoms with van der Waals surface area (Å²) in [5.74, 6) is -0.702. The quantitative estimate of drug-likeness (QED) is 0.639. The molecule has 112 valence electrons. The number of carbonyl (C=O) groups is 1. The Kier molecular flexibility index (Phi) is 4.73. The van der Waals surface area contributed by atoms with Gasteiger partial charge in [-0.25, -0.2) is 17.9 Å². The SMILES string of the molecule is CCOC(=O)c1cn[nH]c1S(=O)(=O)NC1CCNCC1. The molecule has 20 heavy (non-hydrogen) atoms. The second kappa shape index (κ2) is 6.33. The summed E-state index contributed by atoms with van der Waals surface area (Å²) in [7, 11) is -3.81. The molecule has 0 spiro atoms. The molecule has 0 saturated carbocycles. The molecule has 1 aromatic heterocycles. The van der Waals surface area contributed by atoms with Gasteiger partial charge >= 0.3 is 5.97 Å². The molecule has 2 rings (SSSR count). The monoisotopic (exact) mass is 302 g/mol. The Morgan fingerprint density at radius 3 is 2.85 bits per heavy atom. The summed E-state index contributed by atoms with van der Waals surface area (Å²) >= 11 is 0. The fraction of sp³-hybridized carbons (Fsp3) is 0.636. The minimum atomic E-state index is -3.81. The number of hydrogen-bond acceptors (Lipinski definition) is 6. The van der Waals surface area contributed by atoms with Crippen LogP contribution >= 0.6 is 0 Å². The topological polar surface area (TPSA) is 113 Å². The van der Waals surface area contributed by atoms with Crippen LogP contribution in [0.4, 0.5) is 0 Å². The van der Waals surface area contributed by atoms with Crippen LogP contribution in [0.3, 0.4) is 0 Å². The van der Waals surface area contributed by atoms with Crippen LogP contribution in [-0.2, 0) is 14.8 Å². The number of piperidine rings is 1. The Morgan fingerprint density at radius 1 is 1.50 bits per heavy atom. The van der Waals surface area contributed by atoms with Crippen molar-refractivity contribution in [2.45, 2.75) is 30.8 Å². The van der Waals surface area contributed by atoms with Gasteiger partial charge in [0.25, 0.3) is 10.0 Å². The Morgan fingerprint density at radius 2 is 2.20 bits per heavy atom. The predicted molar refractivity (Wildman–Crippen MR) is 70.8 cm³/mol. The average Bonchev–Trinajstić information content (AvgIpc) is 2.90. The summed E-state index contributed by atoms with van der Waals surface area (Å²) in [6.07, 6.45) is 2.58. The molecule has 0 aliphatic carbocycles. The first-order chi connectivity index (χ1) is 9.54. The third-order valence-corrected chi connectivity index (χ3v) is 4.52. The summed E-state index contributed by atoms with van der Waals surface area (Å²) < 4.78 is 32.0. The van der Waals surface area contributed by atoms with Gasteiger partial charge < -0.3 is 10.1 Å². The fourth-order valence-corrected chi connectivity index (χ4v) is 3.44.